The van der Waals surface area contributed by atoms with Crippen molar-refractivity contribution in [3.8, 4) is 0 Å². The zero-order chi connectivity index (χ0) is 13.1. The van der Waals surface area contributed by atoms with Gasteiger partial charge in [-0.05, 0) is 37.1 Å². The molecule has 1 N–H and O–H groups in total. The molecule has 1 atom stereocenters. The highest BCUT2D eigenvalue weighted by molar-refractivity contribution is 6.35. The molecule has 1 saturated heterocycles. The molecular weight excluding hydrogens is 250 g/mol. The predicted octanol–water partition coefficient (Wildman–Crippen LogP) is 2.81. The first-order valence-corrected chi connectivity index (χ1v) is 6.34. The number of ether oxygens (including phenoxy) is 1. The molecule has 0 radical (unpaired) electrons. The third kappa shape index (κ3) is 2.80. The van der Waals surface area contributed by atoms with E-state index in [1.807, 2.05) is 26.0 Å². The van der Waals surface area contributed by atoms with E-state index in [4.69, 9.17) is 16.3 Å². The number of ketones is 1. The second kappa shape index (κ2) is 5.65. The number of allylic oxidation sites excluding steroid dienone is 1. The molecule has 1 aliphatic carbocycles. The smallest absolute Gasteiger partial charge is 0.187 e. The molecule has 18 heavy (non-hydrogen) atoms. The van der Waals surface area contributed by atoms with E-state index in [-0.39, 0.29) is 5.78 Å². The number of halogens is 1. The fraction of sp³-hybridized carbons (Fsp3) is 0.357. The van der Waals surface area contributed by atoms with Crippen LogP contribution in [0.2, 0.25) is 5.02 Å². The van der Waals surface area contributed by atoms with Crippen LogP contribution in [0.5, 0.6) is 0 Å². The fourth-order valence-corrected chi connectivity index (χ4v) is 2.28. The van der Waals surface area contributed by atoms with E-state index in [1.165, 1.54) is 0 Å². The second-order valence-corrected chi connectivity index (χ2v) is 4.71. The summed E-state index contributed by atoms with van der Waals surface area (Å²) in [6, 6.07) is 3.69. The van der Waals surface area contributed by atoms with Crippen LogP contribution in [-0.4, -0.2) is 25.2 Å². The van der Waals surface area contributed by atoms with Crippen LogP contribution in [0.3, 0.4) is 0 Å². The lowest BCUT2D eigenvalue weighted by Gasteiger charge is -2.12. The Bertz CT molecular complexity index is 491. The summed E-state index contributed by atoms with van der Waals surface area (Å²) in [5.41, 5.74) is 2.71. The van der Waals surface area contributed by atoms with Gasteiger partial charge in [0.15, 0.2) is 5.78 Å². The maximum Gasteiger partial charge on any atom is 0.187 e. The molecule has 2 aliphatic rings. The number of hydrogen-bond donors (Lipinski definition) is 1. The van der Waals surface area contributed by atoms with Crippen LogP contribution in [0.25, 0.3) is 6.08 Å². The summed E-state index contributed by atoms with van der Waals surface area (Å²) in [4.78, 5) is 11.3. The lowest BCUT2D eigenvalue weighted by Crippen LogP contribution is -2.17. The molecular formula is C14H16ClNO2. The number of rotatable bonds is 0. The molecule has 4 heteroatoms. The van der Waals surface area contributed by atoms with Crippen molar-refractivity contribution in [2.24, 2.45) is 0 Å². The molecule has 2 bridgehead atoms. The lowest BCUT2D eigenvalue weighted by atomic mass is 9.94. The molecule has 0 aromatic heterocycles. The largest absolute Gasteiger partial charge is 0.362 e. The normalized spacial score (nSPS) is 20.6. The van der Waals surface area contributed by atoms with Crippen LogP contribution < -0.4 is 5.32 Å². The van der Waals surface area contributed by atoms with Crippen LogP contribution >= 0.6 is 11.6 Å². The van der Waals surface area contributed by atoms with Gasteiger partial charge in [-0.3, -0.25) is 10.1 Å². The Balaban J connectivity index is 0.000000169. The van der Waals surface area contributed by atoms with Crippen LogP contribution in [0.4, 0.5) is 0 Å². The van der Waals surface area contributed by atoms with Crippen molar-refractivity contribution in [3.05, 3.63) is 39.9 Å². The number of benzene rings is 1. The van der Waals surface area contributed by atoms with Crippen molar-refractivity contribution in [2.45, 2.75) is 20.1 Å². The summed E-state index contributed by atoms with van der Waals surface area (Å²) < 4.78 is 5.04. The molecule has 0 spiro atoms. The molecule has 96 valence electrons. The first-order valence-electron chi connectivity index (χ1n) is 5.96. The minimum Gasteiger partial charge on any atom is -0.362 e. The highest BCUT2D eigenvalue weighted by atomic mass is 35.5. The molecule has 0 amide bonds. The summed E-state index contributed by atoms with van der Waals surface area (Å²) >= 11 is 5.88. The van der Waals surface area contributed by atoms with Crippen LogP contribution in [0, 0.1) is 6.92 Å². The van der Waals surface area contributed by atoms with Crippen molar-refractivity contribution in [1.29, 1.82) is 0 Å². The van der Waals surface area contributed by atoms with E-state index >= 15 is 0 Å². The zero-order valence-corrected chi connectivity index (χ0v) is 11.3. The van der Waals surface area contributed by atoms with E-state index in [0.29, 0.717) is 16.8 Å². The highest BCUT2D eigenvalue weighted by Gasteiger charge is 2.16. The second-order valence-electron chi connectivity index (χ2n) is 4.30. The van der Waals surface area contributed by atoms with Crippen LogP contribution in [0.15, 0.2) is 18.2 Å². The fourth-order valence-electron chi connectivity index (χ4n) is 1.98. The summed E-state index contributed by atoms with van der Waals surface area (Å²) in [7, 11) is 0. The Morgan fingerprint density at radius 2 is 2.17 bits per heavy atom. The van der Waals surface area contributed by atoms with Gasteiger partial charge < -0.3 is 4.74 Å². The first-order chi connectivity index (χ1) is 8.59. The minimum atomic E-state index is 0.00519. The Labute approximate surface area is 112 Å². The van der Waals surface area contributed by atoms with Gasteiger partial charge in [-0.2, -0.15) is 0 Å². The molecule has 1 aliphatic heterocycles. The van der Waals surface area contributed by atoms with Crippen molar-refractivity contribution in [1.82, 2.24) is 5.32 Å². The van der Waals surface area contributed by atoms with E-state index in [1.54, 1.807) is 12.1 Å². The predicted molar refractivity (Wildman–Crippen MR) is 73.0 cm³/mol. The van der Waals surface area contributed by atoms with Gasteiger partial charge in [-0.25, -0.2) is 0 Å². The van der Waals surface area contributed by atoms with E-state index in [9.17, 15) is 4.79 Å². The topological polar surface area (TPSA) is 38.3 Å². The Morgan fingerprint density at radius 3 is 2.67 bits per heavy atom. The molecule has 1 heterocycles. The van der Waals surface area contributed by atoms with Crippen LogP contribution in [-0.2, 0) is 4.74 Å². The average Bonchev–Trinajstić information content (AvgIpc) is 2.78. The van der Waals surface area contributed by atoms with Crippen molar-refractivity contribution >= 4 is 23.5 Å². The quantitative estimate of drug-likeness (QED) is 0.784. The van der Waals surface area contributed by atoms with Gasteiger partial charge in [0.1, 0.15) is 6.23 Å². The Hall–Kier alpha value is -1.16. The third-order valence-corrected chi connectivity index (χ3v) is 3.33. The molecule has 0 saturated carbocycles. The zero-order valence-electron chi connectivity index (χ0n) is 10.5. The third-order valence-electron chi connectivity index (χ3n) is 3.02. The highest BCUT2D eigenvalue weighted by Crippen LogP contribution is 2.27. The van der Waals surface area contributed by atoms with Crippen molar-refractivity contribution in [2.75, 3.05) is 13.2 Å². The Kier molecular flexibility index (Phi) is 4.17. The summed E-state index contributed by atoms with van der Waals surface area (Å²) in [5, 5.41) is 3.64. The minimum absolute atomic E-state index is 0.00519. The van der Waals surface area contributed by atoms with E-state index in [0.717, 1.165) is 24.3 Å². The molecule has 1 fully saturated rings. The Morgan fingerprint density at radius 1 is 1.39 bits per heavy atom. The SMILES string of the molecule is CC1NCCO1.Cc1c2ccc(Cl)c1C(=O)C=C2. The maximum atomic E-state index is 11.3. The number of carbonyl (C=O) groups is 1. The van der Waals surface area contributed by atoms with E-state index < -0.39 is 0 Å². The number of carbonyl (C=O) groups excluding carboxylic acids is 1. The van der Waals surface area contributed by atoms with Gasteiger partial charge in [0, 0.05) is 12.1 Å². The van der Waals surface area contributed by atoms with Gasteiger partial charge in [-0.15, -0.1) is 0 Å². The summed E-state index contributed by atoms with van der Waals surface area (Å²) in [6.07, 6.45) is 3.68. The van der Waals surface area contributed by atoms with Gasteiger partial charge in [-0.1, -0.05) is 23.7 Å². The molecule has 3 rings (SSSR count). The van der Waals surface area contributed by atoms with Crippen molar-refractivity contribution < 1.29 is 9.53 Å². The molecule has 1 aromatic rings. The average molecular weight is 266 g/mol. The van der Waals surface area contributed by atoms with Crippen molar-refractivity contribution in [3.63, 3.8) is 0 Å². The number of nitrogens with one attached hydrogen (secondary N) is 1. The van der Waals surface area contributed by atoms with Crippen LogP contribution in [0.1, 0.15) is 28.4 Å². The van der Waals surface area contributed by atoms with Gasteiger partial charge >= 0.3 is 0 Å². The lowest BCUT2D eigenvalue weighted by molar-refractivity contribution is 0.104. The summed E-state index contributed by atoms with van der Waals surface area (Å²) in [5.74, 6) is 0.00519. The monoisotopic (exact) mass is 265 g/mol. The molecule has 1 aromatic carbocycles. The van der Waals surface area contributed by atoms with E-state index in [2.05, 4.69) is 5.32 Å². The molecule has 1 unspecified atom stereocenters. The number of hydrogen-bond acceptors (Lipinski definition) is 3. The number of fused-ring (bicyclic) bond motifs is 2. The van der Waals surface area contributed by atoms with Gasteiger partial charge in [0.2, 0.25) is 0 Å². The van der Waals surface area contributed by atoms with Gasteiger partial charge in [0.05, 0.1) is 11.6 Å². The first kappa shape index (κ1) is 13.3. The molecule has 3 nitrogen and oxygen atoms in total. The van der Waals surface area contributed by atoms with Gasteiger partial charge in [0.25, 0.3) is 0 Å². The standard InChI is InChI=1S/C10H7ClO.C4H9NO/c1-6-7-2-4-8(11)10(6)9(12)5-3-7;1-4-5-2-3-6-4/h2-5H,1H3;4-5H,2-3H2,1H3. The maximum absolute atomic E-state index is 11.3. The summed E-state index contributed by atoms with van der Waals surface area (Å²) in [6.45, 7) is 5.81.